The van der Waals surface area contributed by atoms with E-state index in [0.29, 0.717) is 25.7 Å². The molecule has 0 radical (unpaired) electrons. The molecule has 3 fully saturated rings. The quantitative estimate of drug-likeness (QED) is 0.334. The summed E-state index contributed by atoms with van der Waals surface area (Å²) in [4.78, 5) is 23.8. The Labute approximate surface area is 182 Å². The van der Waals surface area contributed by atoms with Gasteiger partial charge in [-0.05, 0) is 101 Å². The molecule has 4 nitrogen and oxygen atoms in total. The van der Waals surface area contributed by atoms with E-state index in [-0.39, 0.29) is 24.1 Å². The Bertz CT molecular complexity index is 587. The van der Waals surface area contributed by atoms with Gasteiger partial charge in [-0.15, -0.1) is 13.2 Å². The summed E-state index contributed by atoms with van der Waals surface area (Å²) in [5.74, 6) is 3.03. The molecule has 0 aromatic carbocycles. The maximum atomic E-state index is 11.9. The lowest BCUT2D eigenvalue weighted by atomic mass is 9.62. The molecule has 0 spiro atoms. The maximum Gasteiger partial charge on any atom is 0.306 e. The molecular formula is C26H40O4. The van der Waals surface area contributed by atoms with Crippen molar-refractivity contribution in [3.8, 4) is 0 Å². The molecule has 3 saturated carbocycles. The molecule has 0 N–H and O–H groups in total. The number of carbonyl (C=O) groups excluding carboxylic acids is 2. The molecule has 4 unspecified atom stereocenters. The number of carbonyl (C=O) groups is 2. The molecular weight excluding hydrogens is 376 g/mol. The number of ether oxygens (including phenoxy) is 2. The van der Waals surface area contributed by atoms with Gasteiger partial charge >= 0.3 is 11.9 Å². The lowest BCUT2D eigenvalue weighted by Gasteiger charge is -2.45. The normalized spacial score (nSPS) is 33.7. The second kappa shape index (κ2) is 11.7. The summed E-state index contributed by atoms with van der Waals surface area (Å²) < 4.78 is 11.4. The monoisotopic (exact) mass is 416 g/mol. The number of fused-ring (bicyclic) bond motifs is 1. The van der Waals surface area contributed by atoms with Crippen LogP contribution >= 0.6 is 0 Å². The molecule has 3 aliphatic rings. The Balaban J connectivity index is 1.37. The first-order chi connectivity index (χ1) is 14.6. The van der Waals surface area contributed by atoms with Gasteiger partial charge in [-0.1, -0.05) is 12.2 Å². The maximum absolute atomic E-state index is 11.9. The minimum atomic E-state index is -0.0687. The highest BCUT2D eigenvalue weighted by atomic mass is 16.5. The van der Waals surface area contributed by atoms with Gasteiger partial charge < -0.3 is 9.47 Å². The molecule has 0 aromatic heterocycles. The second-order valence-electron chi connectivity index (χ2n) is 9.70. The van der Waals surface area contributed by atoms with Crippen LogP contribution in [0.5, 0.6) is 0 Å². The van der Waals surface area contributed by atoms with E-state index in [4.69, 9.17) is 9.47 Å². The average molecular weight is 417 g/mol. The molecule has 0 amide bonds. The van der Waals surface area contributed by atoms with Gasteiger partial charge in [0.25, 0.3) is 0 Å². The number of hydrogen-bond acceptors (Lipinski definition) is 4. The zero-order chi connectivity index (χ0) is 21.3. The van der Waals surface area contributed by atoms with Crippen LogP contribution in [0.2, 0.25) is 0 Å². The largest absolute Gasteiger partial charge is 0.462 e. The van der Waals surface area contributed by atoms with Gasteiger partial charge in [0, 0.05) is 12.8 Å². The van der Waals surface area contributed by atoms with Crippen molar-refractivity contribution in [3.05, 3.63) is 25.3 Å². The van der Waals surface area contributed by atoms with Gasteiger partial charge in [-0.2, -0.15) is 0 Å². The summed E-state index contributed by atoms with van der Waals surface area (Å²) in [6.45, 7) is 7.34. The topological polar surface area (TPSA) is 52.6 Å². The van der Waals surface area contributed by atoms with Crippen LogP contribution in [-0.4, -0.2) is 24.1 Å². The molecule has 0 saturated heterocycles. The summed E-state index contributed by atoms with van der Waals surface area (Å²) in [7, 11) is 0. The first-order valence-electron chi connectivity index (χ1n) is 12.2. The lowest BCUT2D eigenvalue weighted by Crippen LogP contribution is -2.37. The minimum absolute atomic E-state index is 0.0611. The highest BCUT2D eigenvalue weighted by Crippen LogP contribution is 2.48. The number of allylic oxidation sites excluding steroid dienone is 2. The summed E-state index contributed by atoms with van der Waals surface area (Å²) in [6.07, 6.45) is 17.8. The molecule has 4 atom stereocenters. The van der Waals surface area contributed by atoms with Crippen molar-refractivity contribution in [1.82, 2.24) is 0 Å². The van der Waals surface area contributed by atoms with Crippen molar-refractivity contribution in [2.24, 2.45) is 23.7 Å². The van der Waals surface area contributed by atoms with E-state index >= 15 is 0 Å². The molecule has 0 aromatic rings. The zero-order valence-corrected chi connectivity index (χ0v) is 18.6. The summed E-state index contributed by atoms with van der Waals surface area (Å²) in [5.41, 5.74) is 0. The van der Waals surface area contributed by atoms with Gasteiger partial charge in [0.05, 0.1) is 0 Å². The molecule has 0 bridgehead atoms. The van der Waals surface area contributed by atoms with Crippen LogP contribution in [0.25, 0.3) is 0 Å². The fourth-order valence-electron chi connectivity index (χ4n) is 6.02. The van der Waals surface area contributed by atoms with Crippen LogP contribution in [0.15, 0.2) is 25.3 Å². The fraction of sp³-hybridized carbons (Fsp3) is 0.769. The van der Waals surface area contributed by atoms with Gasteiger partial charge in [0.15, 0.2) is 0 Å². The zero-order valence-electron chi connectivity index (χ0n) is 18.6. The van der Waals surface area contributed by atoms with E-state index in [2.05, 4.69) is 13.2 Å². The number of rotatable bonds is 9. The SMILES string of the molecule is C=CCCC(=O)OC1CCC(C2CCC3CC(OC(=O)CCC=C)CCC3C2)CC1. The number of hydrogen-bond donors (Lipinski definition) is 0. The first kappa shape index (κ1) is 23.1. The third kappa shape index (κ3) is 6.72. The summed E-state index contributed by atoms with van der Waals surface area (Å²) in [5, 5.41) is 0. The van der Waals surface area contributed by atoms with Crippen molar-refractivity contribution in [1.29, 1.82) is 0 Å². The van der Waals surface area contributed by atoms with Crippen LogP contribution in [-0.2, 0) is 19.1 Å². The fourth-order valence-corrected chi connectivity index (χ4v) is 6.02. The molecule has 168 valence electrons. The molecule has 4 heteroatoms. The van der Waals surface area contributed by atoms with Crippen LogP contribution in [0.3, 0.4) is 0 Å². The Morgan fingerprint density at radius 2 is 1.07 bits per heavy atom. The summed E-state index contributed by atoms with van der Waals surface area (Å²) in [6, 6.07) is 0. The Morgan fingerprint density at radius 1 is 0.633 bits per heavy atom. The van der Waals surface area contributed by atoms with Gasteiger partial charge in [0.2, 0.25) is 0 Å². The standard InChI is InChI=1S/C26H40O4/c1-3-5-7-25(27)29-23-14-11-19(12-15-23)20-9-10-22-18-24(16-13-21(22)17-20)30-26(28)8-6-4-2/h3-4,19-24H,1-2,5-18H2. The van der Waals surface area contributed by atoms with Crippen molar-refractivity contribution in [3.63, 3.8) is 0 Å². The van der Waals surface area contributed by atoms with E-state index in [9.17, 15) is 9.59 Å². The molecule has 0 aliphatic heterocycles. The molecule has 0 heterocycles. The van der Waals surface area contributed by atoms with Gasteiger partial charge in [-0.3, -0.25) is 9.59 Å². The highest BCUT2D eigenvalue weighted by molar-refractivity contribution is 5.70. The van der Waals surface area contributed by atoms with E-state index in [1.807, 2.05) is 0 Å². The number of esters is 2. The van der Waals surface area contributed by atoms with Crippen LogP contribution in [0.1, 0.15) is 89.9 Å². The smallest absolute Gasteiger partial charge is 0.306 e. The van der Waals surface area contributed by atoms with Crippen LogP contribution in [0.4, 0.5) is 0 Å². The van der Waals surface area contributed by atoms with Crippen molar-refractivity contribution < 1.29 is 19.1 Å². The van der Waals surface area contributed by atoms with Crippen molar-refractivity contribution in [2.75, 3.05) is 0 Å². The van der Waals surface area contributed by atoms with Crippen LogP contribution in [0, 0.1) is 23.7 Å². The van der Waals surface area contributed by atoms with E-state index in [1.165, 1.54) is 38.5 Å². The molecule has 3 rings (SSSR count). The Morgan fingerprint density at radius 3 is 1.67 bits per heavy atom. The third-order valence-corrected chi connectivity index (χ3v) is 7.69. The Kier molecular flexibility index (Phi) is 9.02. The van der Waals surface area contributed by atoms with Gasteiger partial charge in [-0.25, -0.2) is 0 Å². The molecule has 30 heavy (non-hydrogen) atoms. The second-order valence-corrected chi connectivity index (χ2v) is 9.70. The minimum Gasteiger partial charge on any atom is -0.462 e. The first-order valence-corrected chi connectivity index (χ1v) is 12.2. The summed E-state index contributed by atoms with van der Waals surface area (Å²) >= 11 is 0. The van der Waals surface area contributed by atoms with Crippen molar-refractivity contribution >= 4 is 11.9 Å². The molecule has 3 aliphatic carbocycles. The van der Waals surface area contributed by atoms with Crippen LogP contribution < -0.4 is 0 Å². The predicted molar refractivity (Wildman–Crippen MR) is 119 cm³/mol. The lowest BCUT2D eigenvalue weighted by molar-refractivity contribution is -0.153. The van der Waals surface area contributed by atoms with E-state index < -0.39 is 0 Å². The third-order valence-electron chi connectivity index (χ3n) is 7.69. The van der Waals surface area contributed by atoms with Crippen molar-refractivity contribution in [2.45, 2.75) is 102 Å². The van der Waals surface area contributed by atoms with E-state index in [1.54, 1.807) is 12.2 Å². The predicted octanol–water partition coefficient (Wildman–Crippen LogP) is 6.15. The Hall–Kier alpha value is -1.58. The highest BCUT2D eigenvalue weighted by Gasteiger charge is 2.39. The van der Waals surface area contributed by atoms with Gasteiger partial charge in [0.1, 0.15) is 12.2 Å². The van der Waals surface area contributed by atoms with E-state index in [0.717, 1.165) is 49.4 Å². The average Bonchev–Trinajstić information content (AvgIpc) is 2.76.